The van der Waals surface area contributed by atoms with Crippen LogP contribution in [0.3, 0.4) is 0 Å². The first kappa shape index (κ1) is 15.3. The molecule has 0 saturated carbocycles. The molecule has 2 aromatic carbocycles. The highest BCUT2D eigenvalue weighted by Gasteiger charge is 2.17. The molecule has 0 aromatic heterocycles. The molecule has 0 heterocycles. The predicted molar refractivity (Wildman–Crippen MR) is 70.8 cm³/mol. The van der Waals surface area contributed by atoms with E-state index in [1.165, 1.54) is 19.1 Å². The lowest BCUT2D eigenvalue weighted by Gasteiger charge is -2.06. The molecule has 0 radical (unpaired) electrons. The Hall–Kier alpha value is -2.12. The number of hydrogen-bond donors (Lipinski definition) is 1. The van der Waals surface area contributed by atoms with Gasteiger partial charge in [-0.05, 0) is 42.8 Å². The predicted octanol–water partition coefficient (Wildman–Crippen LogP) is 2.75. The van der Waals surface area contributed by atoms with E-state index in [9.17, 15) is 22.0 Å². The van der Waals surface area contributed by atoms with Gasteiger partial charge in [-0.25, -0.2) is 8.78 Å². The van der Waals surface area contributed by atoms with Crippen molar-refractivity contribution in [3.05, 3.63) is 64.7 Å². The molecule has 1 N–H and O–H groups in total. The third-order valence-corrected chi connectivity index (χ3v) is 3.85. The van der Waals surface area contributed by atoms with Crippen LogP contribution in [0.4, 0.5) is 8.78 Å². The molecule has 7 heteroatoms. The minimum Gasteiger partial charge on any atom is -0.289 e. The summed E-state index contributed by atoms with van der Waals surface area (Å²) in [7, 11) is -4.39. The first-order valence-corrected chi connectivity index (χ1v) is 7.21. The summed E-state index contributed by atoms with van der Waals surface area (Å²) in [4.78, 5) is 11.8. The highest BCUT2D eigenvalue weighted by Crippen LogP contribution is 2.19. The minimum atomic E-state index is -4.39. The van der Waals surface area contributed by atoms with Gasteiger partial charge in [-0.3, -0.25) is 9.35 Å². The van der Waals surface area contributed by atoms with Gasteiger partial charge in [-0.1, -0.05) is 0 Å². The van der Waals surface area contributed by atoms with Crippen LogP contribution in [0.2, 0.25) is 0 Å². The minimum absolute atomic E-state index is 0.0601. The largest absolute Gasteiger partial charge is 0.294 e. The Kier molecular flexibility index (Phi) is 3.89. The van der Waals surface area contributed by atoms with Crippen LogP contribution in [0, 0.1) is 18.6 Å². The molecule has 0 bridgehead atoms. The average Bonchev–Trinajstić information content (AvgIpc) is 2.35. The lowest BCUT2D eigenvalue weighted by atomic mass is 10.0. The Labute approximate surface area is 119 Å². The number of benzene rings is 2. The fourth-order valence-corrected chi connectivity index (χ4v) is 2.64. The van der Waals surface area contributed by atoms with Crippen LogP contribution >= 0.6 is 0 Å². The van der Waals surface area contributed by atoms with Crippen molar-refractivity contribution in [2.45, 2.75) is 11.8 Å². The molecular weight excluding hydrogens is 302 g/mol. The second kappa shape index (κ2) is 5.34. The van der Waals surface area contributed by atoms with Gasteiger partial charge in [0.25, 0.3) is 10.1 Å². The van der Waals surface area contributed by atoms with Crippen LogP contribution in [0.5, 0.6) is 0 Å². The first-order valence-electron chi connectivity index (χ1n) is 5.77. The Morgan fingerprint density at radius 2 is 1.57 bits per heavy atom. The van der Waals surface area contributed by atoms with Crippen molar-refractivity contribution in [1.82, 2.24) is 0 Å². The maximum absolute atomic E-state index is 13.1. The van der Waals surface area contributed by atoms with E-state index in [0.717, 1.165) is 18.2 Å². The fourth-order valence-electron chi connectivity index (χ4n) is 1.93. The molecule has 4 nitrogen and oxygen atoms in total. The van der Waals surface area contributed by atoms with Crippen LogP contribution in [0.15, 0.2) is 41.3 Å². The van der Waals surface area contributed by atoms with Gasteiger partial charge in [-0.15, -0.1) is 0 Å². The van der Waals surface area contributed by atoms with Crippen molar-refractivity contribution in [2.75, 3.05) is 0 Å². The Balaban J connectivity index is 2.47. The summed E-state index contributed by atoms with van der Waals surface area (Å²) in [5.41, 5.74) is 0.0247. The lowest BCUT2D eigenvalue weighted by molar-refractivity contribution is 0.103. The molecule has 0 aliphatic rings. The molecule has 0 spiro atoms. The van der Waals surface area contributed by atoms with Crippen LogP contribution in [0.1, 0.15) is 21.5 Å². The van der Waals surface area contributed by atoms with Gasteiger partial charge >= 0.3 is 0 Å². The van der Waals surface area contributed by atoms with E-state index in [1.54, 1.807) is 0 Å². The summed E-state index contributed by atoms with van der Waals surface area (Å²) in [6.45, 7) is 1.39. The van der Waals surface area contributed by atoms with E-state index >= 15 is 0 Å². The molecule has 2 aromatic rings. The highest BCUT2D eigenvalue weighted by molar-refractivity contribution is 7.85. The zero-order valence-corrected chi connectivity index (χ0v) is 11.6. The summed E-state index contributed by atoms with van der Waals surface area (Å²) in [6.07, 6.45) is 0. The molecule has 0 unspecified atom stereocenters. The fraction of sp³-hybridized carbons (Fsp3) is 0.0714. The molecule has 2 rings (SSSR count). The first-order chi connectivity index (χ1) is 9.68. The zero-order valence-electron chi connectivity index (χ0n) is 10.8. The van der Waals surface area contributed by atoms with E-state index in [0.29, 0.717) is 6.07 Å². The number of hydrogen-bond acceptors (Lipinski definition) is 3. The number of rotatable bonds is 3. The summed E-state index contributed by atoms with van der Waals surface area (Å²) in [5, 5.41) is 0. The smallest absolute Gasteiger partial charge is 0.289 e. The monoisotopic (exact) mass is 312 g/mol. The number of carbonyl (C=O) groups excluding carboxylic acids is 1. The van der Waals surface area contributed by atoms with Crippen LogP contribution in [0.25, 0.3) is 0 Å². The molecule has 0 aliphatic carbocycles. The standard InChI is InChI=1S/C14H10F2O4S/c1-8-4-9(2-3-13(8)21(18,19)20)14(17)10-5-11(15)7-12(16)6-10/h2-7H,1H3,(H,18,19,20). The topological polar surface area (TPSA) is 71.4 Å². The Morgan fingerprint density at radius 3 is 2.05 bits per heavy atom. The van der Waals surface area contributed by atoms with Gasteiger partial charge < -0.3 is 0 Å². The van der Waals surface area contributed by atoms with Gasteiger partial charge in [0.15, 0.2) is 5.78 Å². The number of aryl methyl sites for hydroxylation is 1. The van der Waals surface area contributed by atoms with E-state index < -0.39 is 27.5 Å². The van der Waals surface area contributed by atoms with Crippen LogP contribution in [-0.4, -0.2) is 18.8 Å². The molecule has 0 fully saturated rings. The van der Waals surface area contributed by atoms with Gasteiger partial charge in [-0.2, -0.15) is 8.42 Å². The lowest BCUT2D eigenvalue weighted by Crippen LogP contribution is -2.06. The van der Waals surface area contributed by atoms with Crippen LogP contribution < -0.4 is 0 Å². The summed E-state index contributed by atoms with van der Waals surface area (Å²) in [5.74, 6) is -2.42. The van der Waals surface area contributed by atoms with E-state index in [-0.39, 0.29) is 21.6 Å². The number of carbonyl (C=O) groups is 1. The third kappa shape index (κ3) is 3.32. The molecule has 0 saturated heterocycles. The molecule has 0 aliphatic heterocycles. The van der Waals surface area contributed by atoms with Crippen molar-refractivity contribution in [2.24, 2.45) is 0 Å². The molecular formula is C14H10F2O4S. The highest BCUT2D eigenvalue weighted by atomic mass is 32.2. The molecule has 0 atom stereocenters. The van der Waals surface area contributed by atoms with Gasteiger partial charge in [0.05, 0.1) is 4.90 Å². The molecule has 21 heavy (non-hydrogen) atoms. The SMILES string of the molecule is Cc1cc(C(=O)c2cc(F)cc(F)c2)ccc1S(=O)(=O)O. The quantitative estimate of drug-likeness (QED) is 0.699. The molecule has 110 valence electrons. The van der Waals surface area contributed by atoms with Gasteiger partial charge in [0, 0.05) is 17.2 Å². The van der Waals surface area contributed by atoms with E-state index in [1.807, 2.05) is 0 Å². The van der Waals surface area contributed by atoms with Crippen molar-refractivity contribution in [3.8, 4) is 0 Å². The maximum Gasteiger partial charge on any atom is 0.294 e. The second-order valence-corrected chi connectivity index (χ2v) is 5.83. The number of ketones is 1. The summed E-state index contributed by atoms with van der Waals surface area (Å²) >= 11 is 0. The van der Waals surface area contributed by atoms with Crippen molar-refractivity contribution in [1.29, 1.82) is 0 Å². The second-order valence-electron chi connectivity index (χ2n) is 4.44. The van der Waals surface area contributed by atoms with Crippen LogP contribution in [-0.2, 0) is 10.1 Å². The van der Waals surface area contributed by atoms with E-state index in [4.69, 9.17) is 4.55 Å². The summed E-state index contributed by atoms with van der Waals surface area (Å²) in [6, 6.07) is 5.88. The molecule has 0 amide bonds. The van der Waals surface area contributed by atoms with Gasteiger partial charge in [0.2, 0.25) is 0 Å². The third-order valence-electron chi connectivity index (χ3n) is 2.84. The van der Waals surface area contributed by atoms with Crippen molar-refractivity contribution in [3.63, 3.8) is 0 Å². The normalized spacial score (nSPS) is 11.4. The number of halogens is 2. The van der Waals surface area contributed by atoms with Gasteiger partial charge in [0.1, 0.15) is 11.6 Å². The Morgan fingerprint density at radius 1 is 1.00 bits per heavy atom. The maximum atomic E-state index is 13.1. The van der Waals surface area contributed by atoms with Crippen molar-refractivity contribution >= 4 is 15.9 Å². The Bertz CT molecular complexity index is 809. The van der Waals surface area contributed by atoms with Crippen molar-refractivity contribution < 1.29 is 26.5 Å². The zero-order chi connectivity index (χ0) is 15.8. The average molecular weight is 312 g/mol. The summed E-state index contributed by atoms with van der Waals surface area (Å²) < 4.78 is 57.3. The van der Waals surface area contributed by atoms with E-state index in [2.05, 4.69) is 0 Å².